The molecule has 1 saturated heterocycles. The van der Waals surface area contributed by atoms with Crippen molar-refractivity contribution < 1.29 is 0 Å². The molecule has 3 heteroatoms. The average Bonchev–Trinajstić information content (AvgIpc) is 3.09. The first-order valence-corrected chi connectivity index (χ1v) is 7.91. The van der Waals surface area contributed by atoms with Gasteiger partial charge in [0.05, 0.1) is 6.07 Å². The minimum atomic E-state index is 0.420. The van der Waals surface area contributed by atoms with Gasteiger partial charge in [0, 0.05) is 42.5 Å². The van der Waals surface area contributed by atoms with E-state index < -0.39 is 0 Å². The highest BCUT2D eigenvalue weighted by molar-refractivity contribution is 5.83. The third-order valence-electron chi connectivity index (χ3n) is 4.54. The molecule has 0 aliphatic carbocycles. The minimum Gasteiger partial charge on any atom is -0.347 e. The van der Waals surface area contributed by atoms with Crippen LogP contribution in [0.25, 0.3) is 10.9 Å². The van der Waals surface area contributed by atoms with Crippen LogP contribution in [-0.4, -0.2) is 29.1 Å². The molecule has 1 unspecified atom stereocenters. The largest absolute Gasteiger partial charge is 0.347 e. The van der Waals surface area contributed by atoms with Crippen LogP contribution in [0.15, 0.2) is 30.5 Å². The summed E-state index contributed by atoms with van der Waals surface area (Å²) in [4.78, 5) is 2.51. The number of fused-ring (bicyclic) bond motifs is 1. The lowest BCUT2D eigenvalue weighted by atomic mass is 10.1. The smallest absolute Gasteiger partial charge is 0.0625 e. The maximum Gasteiger partial charge on any atom is 0.0625 e. The normalized spacial score (nSPS) is 17.1. The molecular formula is C18H23N3. The number of nitriles is 1. The molecule has 1 fully saturated rings. The number of rotatable bonds is 5. The molecule has 0 amide bonds. The predicted octanol–water partition coefficient (Wildman–Crippen LogP) is 3.58. The molecule has 1 aromatic carbocycles. The highest BCUT2D eigenvalue weighted by Crippen LogP contribution is 2.23. The lowest BCUT2D eigenvalue weighted by Crippen LogP contribution is -2.28. The van der Waals surface area contributed by atoms with Crippen LogP contribution in [0.5, 0.6) is 0 Å². The summed E-state index contributed by atoms with van der Waals surface area (Å²) in [5.41, 5.74) is 2.61. The Hall–Kier alpha value is -1.79. The molecule has 3 nitrogen and oxygen atoms in total. The number of hydrogen-bond acceptors (Lipinski definition) is 2. The molecule has 2 aromatic rings. The lowest BCUT2D eigenvalue weighted by molar-refractivity contribution is 0.263. The van der Waals surface area contributed by atoms with Gasteiger partial charge in [0.2, 0.25) is 0 Å². The summed E-state index contributed by atoms with van der Waals surface area (Å²) in [6, 6.07) is 10.9. The van der Waals surface area contributed by atoms with Crippen LogP contribution in [0.3, 0.4) is 0 Å². The van der Waals surface area contributed by atoms with Crippen LogP contribution >= 0.6 is 0 Å². The van der Waals surface area contributed by atoms with Crippen molar-refractivity contribution in [3.05, 3.63) is 36.0 Å². The predicted molar refractivity (Wildman–Crippen MR) is 86.1 cm³/mol. The van der Waals surface area contributed by atoms with Crippen molar-refractivity contribution in [1.82, 2.24) is 9.47 Å². The Labute approximate surface area is 126 Å². The molecule has 0 N–H and O–H groups in total. The zero-order valence-corrected chi connectivity index (χ0v) is 12.8. The van der Waals surface area contributed by atoms with E-state index in [0.717, 1.165) is 13.1 Å². The number of para-hydroxylation sites is 1. The van der Waals surface area contributed by atoms with Gasteiger partial charge >= 0.3 is 0 Å². The monoisotopic (exact) mass is 281 g/mol. The second-order valence-electron chi connectivity index (χ2n) is 6.22. The first-order chi connectivity index (χ1) is 10.3. The van der Waals surface area contributed by atoms with Gasteiger partial charge < -0.3 is 9.47 Å². The number of nitrogens with zero attached hydrogens (tertiary/aromatic N) is 3. The zero-order valence-electron chi connectivity index (χ0n) is 12.8. The summed E-state index contributed by atoms with van der Waals surface area (Å²) in [5.74, 6) is 0.420. The zero-order chi connectivity index (χ0) is 14.7. The van der Waals surface area contributed by atoms with E-state index in [-0.39, 0.29) is 0 Å². The summed E-state index contributed by atoms with van der Waals surface area (Å²) in [7, 11) is 0. The van der Waals surface area contributed by atoms with Gasteiger partial charge in [0.15, 0.2) is 0 Å². The average molecular weight is 281 g/mol. The van der Waals surface area contributed by atoms with Crippen LogP contribution in [0.2, 0.25) is 0 Å². The van der Waals surface area contributed by atoms with E-state index in [1.54, 1.807) is 0 Å². The van der Waals surface area contributed by atoms with Crippen LogP contribution in [0, 0.1) is 24.2 Å². The Morgan fingerprint density at radius 3 is 2.71 bits per heavy atom. The summed E-state index contributed by atoms with van der Waals surface area (Å²) in [6.45, 7) is 6.57. The van der Waals surface area contributed by atoms with E-state index in [2.05, 4.69) is 52.9 Å². The number of likely N-dealkylation sites (tertiary alicyclic amines) is 1. The fourth-order valence-corrected chi connectivity index (χ4v) is 3.51. The second kappa shape index (κ2) is 6.32. The lowest BCUT2D eigenvalue weighted by Gasteiger charge is -2.22. The van der Waals surface area contributed by atoms with E-state index in [4.69, 9.17) is 5.26 Å². The van der Waals surface area contributed by atoms with Gasteiger partial charge in [-0.3, -0.25) is 0 Å². The van der Waals surface area contributed by atoms with Gasteiger partial charge in [-0.1, -0.05) is 18.2 Å². The summed E-state index contributed by atoms with van der Waals surface area (Å²) < 4.78 is 2.34. The number of aryl methyl sites for hydroxylation is 1. The number of hydrogen-bond donors (Lipinski definition) is 0. The highest BCUT2D eigenvalue weighted by Gasteiger charge is 2.18. The third-order valence-corrected chi connectivity index (χ3v) is 4.54. The molecule has 0 saturated carbocycles. The summed E-state index contributed by atoms with van der Waals surface area (Å²) in [6.07, 6.45) is 5.50. The fraction of sp³-hybridized carbons (Fsp3) is 0.500. The molecule has 0 radical (unpaired) electrons. The molecule has 1 aliphatic heterocycles. The topological polar surface area (TPSA) is 32.0 Å². The number of aromatic nitrogens is 1. The standard InChI is InChI=1S/C18H23N3/c1-15-12-21(18-7-3-2-6-17(15)18)14-16(8-9-19)13-20-10-4-5-11-20/h2-3,6-7,12,16H,4-5,8,10-11,13-14H2,1H3. The molecule has 0 bridgehead atoms. The van der Waals surface area contributed by atoms with Gasteiger partial charge in [0.25, 0.3) is 0 Å². The first kappa shape index (κ1) is 14.2. The van der Waals surface area contributed by atoms with E-state index in [0.29, 0.717) is 12.3 Å². The molecule has 0 spiro atoms. The van der Waals surface area contributed by atoms with E-state index in [1.807, 2.05) is 0 Å². The Balaban J connectivity index is 1.79. The van der Waals surface area contributed by atoms with Gasteiger partial charge in [-0.15, -0.1) is 0 Å². The molecule has 1 atom stereocenters. The Kier molecular flexibility index (Phi) is 4.26. The van der Waals surface area contributed by atoms with Crippen LogP contribution in [0.1, 0.15) is 24.8 Å². The second-order valence-corrected chi connectivity index (χ2v) is 6.22. The Morgan fingerprint density at radius 1 is 1.19 bits per heavy atom. The molecule has 110 valence electrons. The van der Waals surface area contributed by atoms with Gasteiger partial charge in [-0.25, -0.2) is 0 Å². The fourth-order valence-electron chi connectivity index (χ4n) is 3.51. The van der Waals surface area contributed by atoms with Crippen molar-refractivity contribution in [3.63, 3.8) is 0 Å². The van der Waals surface area contributed by atoms with E-state index in [1.165, 1.54) is 42.4 Å². The first-order valence-electron chi connectivity index (χ1n) is 7.91. The van der Waals surface area contributed by atoms with Crippen molar-refractivity contribution in [2.24, 2.45) is 5.92 Å². The highest BCUT2D eigenvalue weighted by atomic mass is 15.1. The van der Waals surface area contributed by atoms with Crippen LogP contribution in [-0.2, 0) is 6.54 Å². The molecule has 2 heterocycles. The minimum absolute atomic E-state index is 0.420. The third kappa shape index (κ3) is 3.11. The number of benzene rings is 1. The van der Waals surface area contributed by atoms with Gasteiger partial charge in [-0.05, 0) is 44.5 Å². The van der Waals surface area contributed by atoms with Gasteiger partial charge in [-0.2, -0.15) is 5.26 Å². The van der Waals surface area contributed by atoms with E-state index >= 15 is 0 Å². The van der Waals surface area contributed by atoms with E-state index in [9.17, 15) is 0 Å². The maximum atomic E-state index is 9.13. The summed E-state index contributed by atoms with van der Waals surface area (Å²) in [5, 5.41) is 10.5. The van der Waals surface area contributed by atoms with Crippen molar-refractivity contribution in [2.75, 3.05) is 19.6 Å². The van der Waals surface area contributed by atoms with Crippen molar-refractivity contribution in [1.29, 1.82) is 5.26 Å². The Bertz CT molecular complexity index is 644. The van der Waals surface area contributed by atoms with Crippen LogP contribution in [0.4, 0.5) is 0 Å². The van der Waals surface area contributed by atoms with Gasteiger partial charge in [0.1, 0.15) is 0 Å². The molecule has 1 aliphatic rings. The quantitative estimate of drug-likeness (QED) is 0.839. The van der Waals surface area contributed by atoms with Crippen LogP contribution < -0.4 is 0 Å². The molecule has 21 heavy (non-hydrogen) atoms. The SMILES string of the molecule is Cc1cn(CC(CC#N)CN2CCCC2)c2ccccc12. The molecule has 3 rings (SSSR count). The summed E-state index contributed by atoms with van der Waals surface area (Å²) >= 11 is 0. The Morgan fingerprint density at radius 2 is 1.95 bits per heavy atom. The molecule has 1 aromatic heterocycles. The van der Waals surface area contributed by atoms with Crippen molar-refractivity contribution in [3.8, 4) is 6.07 Å². The maximum absolute atomic E-state index is 9.13. The van der Waals surface area contributed by atoms with Crippen molar-refractivity contribution >= 4 is 10.9 Å². The van der Waals surface area contributed by atoms with Crippen molar-refractivity contribution in [2.45, 2.75) is 32.7 Å². The molecular weight excluding hydrogens is 258 g/mol.